The molecule has 1 saturated heterocycles. The third-order valence-corrected chi connectivity index (χ3v) is 4.91. The Morgan fingerprint density at radius 2 is 1.68 bits per heavy atom. The van der Waals surface area contributed by atoms with Crippen LogP contribution >= 0.6 is 0 Å². The van der Waals surface area contributed by atoms with Crippen LogP contribution in [0.5, 0.6) is 0 Å². The molecule has 6 nitrogen and oxygen atoms in total. The van der Waals surface area contributed by atoms with E-state index in [1.165, 1.54) is 6.92 Å². The maximum absolute atomic E-state index is 12.5. The molecular weight excluding hydrogens is 318 g/mol. The summed E-state index contributed by atoms with van der Waals surface area (Å²) in [4.78, 5) is 37.6. The minimum absolute atomic E-state index is 0.00481. The molecule has 3 rings (SSSR count). The molecule has 134 valence electrons. The molecule has 1 heterocycles. The first-order chi connectivity index (χ1) is 11.9. The van der Waals surface area contributed by atoms with Crippen LogP contribution in [0, 0.1) is 18.8 Å². The number of amides is 3. The van der Waals surface area contributed by atoms with E-state index >= 15 is 0 Å². The fourth-order valence-corrected chi connectivity index (χ4v) is 3.27. The van der Waals surface area contributed by atoms with Crippen LogP contribution < -0.4 is 10.6 Å². The Morgan fingerprint density at radius 3 is 2.24 bits per heavy atom. The SMILES string of the molecule is CC(=O)Nc1ccc(NC(=O)C2CCN(C(=O)C3CC3)CC2)cc1C. The number of nitrogens with one attached hydrogen (secondary N) is 2. The average molecular weight is 343 g/mol. The van der Waals surface area contributed by atoms with E-state index in [2.05, 4.69) is 10.6 Å². The van der Waals surface area contributed by atoms with Crippen molar-refractivity contribution in [3.8, 4) is 0 Å². The lowest BCUT2D eigenvalue weighted by Crippen LogP contribution is -2.42. The van der Waals surface area contributed by atoms with Gasteiger partial charge in [0.2, 0.25) is 17.7 Å². The van der Waals surface area contributed by atoms with Crippen LogP contribution in [0.4, 0.5) is 11.4 Å². The van der Waals surface area contributed by atoms with Gasteiger partial charge >= 0.3 is 0 Å². The Balaban J connectivity index is 1.53. The molecule has 2 N–H and O–H groups in total. The number of nitrogens with zero attached hydrogens (tertiary/aromatic N) is 1. The fraction of sp³-hybridized carbons (Fsp3) is 0.526. The Morgan fingerprint density at radius 1 is 1.00 bits per heavy atom. The normalized spacial score (nSPS) is 17.9. The van der Waals surface area contributed by atoms with Crippen molar-refractivity contribution in [3.05, 3.63) is 23.8 Å². The highest BCUT2D eigenvalue weighted by atomic mass is 16.2. The molecule has 6 heteroatoms. The Labute approximate surface area is 148 Å². The van der Waals surface area contributed by atoms with Gasteiger partial charge in [0.1, 0.15) is 0 Å². The standard InChI is InChI=1S/C19H25N3O3/c1-12-11-16(5-6-17(12)20-13(2)23)21-18(24)14-7-9-22(10-8-14)19(25)15-3-4-15/h5-6,11,14-15H,3-4,7-10H2,1-2H3,(H,20,23)(H,21,24). The summed E-state index contributed by atoms with van der Waals surface area (Å²) in [7, 11) is 0. The summed E-state index contributed by atoms with van der Waals surface area (Å²) in [5, 5.41) is 5.71. The molecule has 2 fully saturated rings. The monoisotopic (exact) mass is 343 g/mol. The van der Waals surface area contributed by atoms with Gasteiger partial charge in [-0.25, -0.2) is 0 Å². The van der Waals surface area contributed by atoms with Crippen molar-refractivity contribution < 1.29 is 14.4 Å². The molecule has 0 atom stereocenters. The molecule has 1 aromatic carbocycles. The molecule has 1 aromatic rings. The quantitative estimate of drug-likeness (QED) is 0.882. The van der Waals surface area contributed by atoms with Crippen LogP contribution in [0.2, 0.25) is 0 Å². The van der Waals surface area contributed by atoms with Crippen molar-refractivity contribution in [1.29, 1.82) is 0 Å². The Hall–Kier alpha value is -2.37. The van der Waals surface area contributed by atoms with Crippen LogP contribution in [0.3, 0.4) is 0 Å². The molecule has 0 spiro atoms. The number of carbonyl (C=O) groups is 3. The molecule has 0 unspecified atom stereocenters. The number of hydrogen-bond donors (Lipinski definition) is 2. The van der Waals surface area contributed by atoms with Gasteiger partial charge in [0.15, 0.2) is 0 Å². The lowest BCUT2D eigenvalue weighted by molar-refractivity contribution is -0.135. The van der Waals surface area contributed by atoms with E-state index in [1.54, 1.807) is 12.1 Å². The van der Waals surface area contributed by atoms with E-state index in [1.807, 2.05) is 17.9 Å². The Bertz CT molecular complexity index is 689. The molecule has 3 amide bonds. The molecule has 2 aliphatic rings. The average Bonchev–Trinajstić information content (AvgIpc) is 3.41. The molecule has 1 saturated carbocycles. The summed E-state index contributed by atoms with van der Waals surface area (Å²) in [5.41, 5.74) is 2.38. The van der Waals surface area contributed by atoms with Crippen LogP contribution in [0.1, 0.15) is 38.2 Å². The highest BCUT2D eigenvalue weighted by Crippen LogP contribution is 2.32. The molecule has 1 aliphatic heterocycles. The molecule has 0 aromatic heterocycles. The predicted octanol–water partition coefficient (Wildman–Crippen LogP) is 2.54. The largest absolute Gasteiger partial charge is 0.342 e. The van der Waals surface area contributed by atoms with Crippen molar-refractivity contribution in [2.75, 3.05) is 23.7 Å². The summed E-state index contributed by atoms with van der Waals surface area (Å²) in [6.07, 6.45) is 3.47. The van der Waals surface area contributed by atoms with Crippen molar-refractivity contribution in [2.24, 2.45) is 11.8 Å². The van der Waals surface area contributed by atoms with Crippen molar-refractivity contribution in [1.82, 2.24) is 4.90 Å². The van der Waals surface area contributed by atoms with Gasteiger partial charge in [-0.1, -0.05) is 0 Å². The first-order valence-electron chi connectivity index (χ1n) is 8.92. The minimum atomic E-state index is -0.118. The lowest BCUT2D eigenvalue weighted by atomic mass is 9.95. The third kappa shape index (κ3) is 4.38. The van der Waals surface area contributed by atoms with E-state index in [-0.39, 0.29) is 29.6 Å². The number of carbonyl (C=O) groups excluding carboxylic acids is 3. The predicted molar refractivity (Wildman–Crippen MR) is 96.1 cm³/mol. The molecule has 0 bridgehead atoms. The highest BCUT2D eigenvalue weighted by Gasteiger charge is 2.35. The summed E-state index contributed by atoms with van der Waals surface area (Å²) < 4.78 is 0. The lowest BCUT2D eigenvalue weighted by Gasteiger charge is -2.31. The van der Waals surface area contributed by atoms with E-state index in [9.17, 15) is 14.4 Å². The van der Waals surface area contributed by atoms with Crippen LogP contribution in [0.15, 0.2) is 18.2 Å². The van der Waals surface area contributed by atoms with Crippen molar-refractivity contribution >= 4 is 29.1 Å². The number of aryl methyl sites for hydroxylation is 1. The maximum Gasteiger partial charge on any atom is 0.227 e. The van der Waals surface area contributed by atoms with Crippen molar-refractivity contribution in [3.63, 3.8) is 0 Å². The highest BCUT2D eigenvalue weighted by molar-refractivity contribution is 5.94. The van der Waals surface area contributed by atoms with Crippen LogP contribution in [-0.4, -0.2) is 35.7 Å². The molecule has 25 heavy (non-hydrogen) atoms. The first kappa shape index (κ1) is 17.5. The van der Waals surface area contributed by atoms with Gasteiger partial charge in [-0.15, -0.1) is 0 Å². The van der Waals surface area contributed by atoms with E-state index in [0.717, 1.165) is 29.8 Å². The maximum atomic E-state index is 12.5. The summed E-state index contributed by atoms with van der Waals surface area (Å²) in [6.45, 7) is 4.71. The number of likely N-dealkylation sites (tertiary alicyclic amines) is 1. The number of hydrogen-bond acceptors (Lipinski definition) is 3. The van der Waals surface area contributed by atoms with E-state index in [0.29, 0.717) is 25.9 Å². The second kappa shape index (κ2) is 7.25. The van der Waals surface area contributed by atoms with Gasteiger partial charge in [-0.3, -0.25) is 14.4 Å². The van der Waals surface area contributed by atoms with Crippen LogP contribution in [0.25, 0.3) is 0 Å². The van der Waals surface area contributed by atoms with E-state index in [4.69, 9.17) is 0 Å². The molecule has 0 radical (unpaired) electrons. The van der Waals surface area contributed by atoms with Gasteiger partial charge < -0.3 is 15.5 Å². The van der Waals surface area contributed by atoms with Gasteiger partial charge in [0.05, 0.1) is 0 Å². The number of piperidine rings is 1. The second-order valence-electron chi connectivity index (χ2n) is 7.07. The van der Waals surface area contributed by atoms with Crippen LogP contribution in [-0.2, 0) is 14.4 Å². The number of rotatable bonds is 4. The zero-order valence-corrected chi connectivity index (χ0v) is 14.8. The van der Waals surface area contributed by atoms with E-state index < -0.39 is 0 Å². The summed E-state index contributed by atoms with van der Waals surface area (Å²) >= 11 is 0. The van der Waals surface area contributed by atoms with Gasteiger partial charge in [-0.05, 0) is 56.4 Å². The van der Waals surface area contributed by atoms with Crippen molar-refractivity contribution in [2.45, 2.75) is 39.5 Å². The molecule has 1 aliphatic carbocycles. The zero-order valence-electron chi connectivity index (χ0n) is 14.8. The summed E-state index contributed by atoms with van der Waals surface area (Å²) in [5.74, 6) is 0.342. The molecular formula is C19H25N3O3. The second-order valence-corrected chi connectivity index (χ2v) is 7.07. The van der Waals surface area contributed by atoms with Gasteiger partial charge in [0.25, 0.3) is 0 Å². The smallest absolute Gasteiger partial charge is 0.227 e. The minimum Gasteiger partial charge on any atom is -0.342 e. The number of anilines is 2. The van der Waals surface area contributed by atoms with Gasteiger partial charge in [-0.2, -0.15) is 0 Å². The summed E-state index contributed by atoms with van der Waals surface area (Å²) in [6, 6.07) is 5.44. The first-order valence-corrected chi connectivity index (χ1v) is 8.92. The van der Waals surface area contributed by atoms with Gasteiger partial charge in [0, 0.05) is 43.2 Å². The number of benzene rings is 1. The topological polar surface area (TPSA) is 78.5 Å². The zero-order chi connectivity index (χ0) is 18.0. The fourth-order valence-electron chi connectivity index (χ4n) is 3.27. The Kier molecular flexibility index (Phi) is 5.06. The third-order valence-electron chi connectivity index (χ3n) is 4.91.